The Morgan fingerprint density at radius 3 is 2.71 bits per heavy atom. The molecule has 2 atom stereocenters. The zero-order valence-corrected chi connectivity index (χ0v) is 19.8. The Labute approximate surface area is 193 Å². The number of sulfonamides is 1. The molecule has 9 nitrogen and oxygen atoms in total. The second kappa shape index (κ2) is 9.12. The van der Waals surface area contributed by atoms with E-state index in [2.05, 4.69) is 9.71 Å². The fraction of sp³-hybridized carbons (Fsp3) is 0.500. The fourth-order valence-corrected chi connectivity index (χ4v) is 7.09. The molecule has 4 heterocycles. The van der Waals surface area contributed by atoms with Crippen molar-refractivity contribution in [1.29, 1.82) is 0 Å². The van der Waals surface area contributed by atoms with Crippen molar-refractivity contribution in [3.8, 4) is 9.88 Å². The number of halogens is 1. The van der Waals surface area contributed by atoms with E-state index in [9.17, 15) is 18.0 Å². The van der Waals surface area contributed by atoms with Gasteiger partial charge in [0.25, 0.3) is 10.0 Å². The minimum atomic E-state index is -3.89. The number of hydrogen-bond acceptors (Lipinski definition) is 8. The first kappa shape index (κ1) is 22.6. The van der Waals surface area contributed by atoms with Crippen LogP contribution in [0.4, 0.5) is 0 Å². The maximum absolute atomic E-state index is 12.9. The monoisotopic (exact) mass is 504 g/mol. The molecule has 0 spiro atoms. The molecule has 4 rings (SSSR count). The summed E-state index contributed by atoms with van der Waals surface area (Å²) in [7, 11) is -3.89. The highest BCUT2D eigenvalue weighted by Gasteiger charge is 2.40. The van der Waals surface area contributed by atoms with Gasteiger partial charge in [-0.3, -0.25) is 9.59 Å². The number of carbonyl (C=O) groups excluding carboxylic acids is 2. The highest BCUT2D eigenvalue weighted by molar-refractivity contribution is 7.91. The van der Waals surface area contributed by atoms with E-state index in [1.165, 1.54) is 28.5 Å². The second-order valence-corrected chi connectivity index (χ2v) is 11.9. The summed E-state index contributed by atoms with van der Waals surface area (Å²) in [6.45, 7) is 3.93. The number of amides is 2. The van der Waals surface area contributed by atoms with E-state index in [0.717, 1.165) is 11.3 Å². The molecular formula is C18H21ClN4O5S3. The minimum absolute atomic E-state index is 0.0949. The predicted octanol–water partition coefficient (Wildman–Crippen LogP) is 1.65. The van der Waals surface area contributed by atoms with Crippen LogP contribution in [-0.4, -0.2) is 79.9 Å². The zero-order chi connectivity index (χ0) is 22.2. The summed E-state index contributed by atoms with van der Waals surface area (Å²) in [6.07, 6.45) is 1.82. The topological polar surface area (TPSA) is 109 Å². The molecule has 0 bridgehead atoms. The third-order valence-corrected chi connectivity index (χ3v) is 9.55. The first-order valence-electron chi connectivity index (χ1n) is 9.67. The van der Waals surface area contributed by atoms with Crippen LogP contribution in [0.25, 0.3) is 9.88 Å². The van der Waals surface area contributed by atoms with Crippen molar-refractivity contribution in [2.24, 2.45) is 0 Å². The maximum Gasteiger partial charge on any atom is 0.250 e. The molecule has 0 saturated carbocycles. The summed E-state index contributed by atoms with van der Waals surface area (Å²) in [6, 6.07) is 1.60. The summed E-state index contributed by atoms with van der Waals surface area (Å²) in [5, 5.41) is 0.634. The van der Waals surface area contributed by atoms with Crippen molar-refractivity contribution in [3.05, 3.63) is 22.7 Å². The molecule has 2 aliphatic heterocycles. The van der Waals surface area contributed by atoms with Crippen LogP contribution in [-0.2, 0) is 24.3 Å². The Hall–Kier alpha value is -1.57. The number of ether oxygens (including phenoxy) is 1. The molecule has 2 fully saturated rings. The lowest BCUT2D eigenvalue weighted by atomic mass is 10.2. The molecule has 0 aromatic carbocycles. The molecule has 2 aliphatic rings. The lowest BCUT2D eigenvalue weighted by molar-refractivity contribution is -0.146. The van der Waals surface area contributed by atoms with Crippen LogP contribution >= 0.6 is 34.3 Å². The van der Waals surface area contributed by atoms with Gasteiger partial charge < -0.3 is 14.5 Å². The van der Waals surface area contributed by atoms with E-state index in [4.69, 9.17) is 16.3 Å². The largest absolute Gasteiger partial charge is 0.378 e. The molecule has 0 aliphatic carbocycles. The van der Waals surface area contributed by atoms with Gasteiger partial charge in [0.05, 0.1) is 24.3 Å². The normalized spacial score (nSPS) is 21.0. The number of rotatable bonds is 6. The van der Waals surface area contributed by atoms with Crippen molar-refractivity contribution in [2.45, 2.75) is 29.6 Å². The molecular weight excluding hydrogens is 484 g/mol. The Morgan fingerprint density at radius 2 is 2.03 bits per heavy atom. The molecule has 2 aromatic rings. The Bertz CT molecular complexity index is 1080. The number of likely N-dealkylation sites (tertiary alicyclic amines) is 1. The van der Waals surface area contributed by atoms with Gasteiger partial charge >= 0.3 is 0 Å². The maximum atomic E-state index is 12.9. The summed E-state index contributed by atoms with van der Waals surface area (Å²) in [4.78, 5) is 33.5. The third-order valence-electron chi connectivity index (χ3n) is 5.22. The lowest BCUT2D eigenvalue weighted by Gasteiger charge is -2.32. The smallest absolute Gasteiger partial charge is 0.250 e. The number of thiazole rings is 1. The van der Waals surface area contributed by atoms with Crippen molar-refractivity contribution in [1.82, 2.24) is 19.5 Å². The van der Waals surface area contributed by atoms with E-state index >= 15 is 0 Å². The van der Waals surface area contributed by atoms with Crippen LogP contribution in [0, 0.1) is 0 Å². The summed E-state index contributed by atoms with van der Waals surface area (Å²) in [5.41, 5.74) is 0. The lowest BCUT2D eigenvalue weighted by Crippen LogP contribution is -2.52. The number of carbonyl (C=O) groups is 2. The molecule has 0 radical (unpaired) electrons. The molecule has 1 N–H and O–H groups in total. The predicted molar refractivity (Wildman–Crippen MR) is 118 cm³/mol. The van der Waals surface area contributed by atoms with Gasteiger partial charge in [-0.1, -0.05) is 11.6 Å². The Morgan fingerprint density at radius 1 is 1.29 bits per heavy atom. The van der Waals surface area contributed by atoms with Crippen LogP contribution in [0.5, 0.6) is 0 Å². The van der Waals surface area contributed by atoms with Crippen molar-refractivity contribution < 1.29 is 22.7 Å². The second-order valence-electron chi connectivity index (χ2n) is 7.20. The van der Waals surface area contributed by atoms with Gasteiger partial charge in [-0.05, 0) is 25.5 Å². The van der Waals surface area contributed by atoms with E-state index in [1.807, 2.05) is 0 Å². The molecule has 2 unspecified atom stereocenters. The van der Waals surface area contributed by atoms with E-state index in [1.54, 1.807) is 17.9 Å². The van der Waals surface area contributed by atoms with Crippen LogP contribution < -0.4 is 4.72 Å². The first-order valence-corrected chi connectivity index (χ1v) is 13.2. The van der Waals surface area contributed by atoms with Gasteiger partial charge in [0, 0.05) is 19.6 Å². The number of morpholine rings is 1. The SMILES string of the molecule is CC(C(=O)N1CCOCC1)N1CCC(NS(=O)(=O)c2ccc(-c3ncc(Cl)s3)s2)C1=O. The van der Waals surface area contributed by atoms with Gasteiger partial charge in [0.2, 0.25) is 11.8 Å². The van der Waals surface area contributed by atoms with Crippen LogP contribution in [0.1, 0.15) is 13.3 Å². The van der Waals surface area contributed by atoms with Crippen molar-refractivity contribution in [2.75, 3.05) is 32.8 Å². The van der Waals surface area contributed by atoms with Crippen LogP contribution in [0.3, 0.4) is 0 Å². The zero-order valence-electron chi connectivity index (χ0n) is 16.6. The van der Waals surface area contributed by atoms with E-state index in [-0.39, 0.29) is 16.0 Å². The molecule has 31 heavy (non-hydrogen) atoms. The van der Waals surface area contributed by atoms with Gasteiger partial charge in [-0.25, -0.2) is 13.4 Å². The number of thiophene rings is 1. The molecule has 2 amide bonds. The molecule has 13 heteroatoms. The van der Waals surface area contributed by atoms with Gasteiger partial charge in [0.1, 0.15) is 25.6 Å². The van der Waals surface area contributed by atoms with Gasteiger partial charge in [0.15, 0.2) is 0 Å². The Balaban J connectivity index is 1.42. The van der Waals surface area contributed by atoms with Gasteiger partial charge in [-0.2, -0.15) is 4.72 Å². The van der Waals surface area contributed by atoms with Crippen molar-refractivity contribution >= 4 is 56.1 Å². The molecule has 2 aromatic heterocycles. The van der Waals surface area contributed by atoms with Crippen LogP contribution in [0.2, 0.25) is 4.34 Å². The molecule has 2 saturated heterocycles. The van der Waals surface area contributed by atoms with E-state index < -0.39 is 22.1 Å². The number of nitrogens with zero attached hydrogens (tertiary/aromatic N) is 3. The highest BCUT2D eigenvalue weighted by Crippen LogP contribution is 2.35. The standard InChI is InChI=1S/C18H21ClN4O5S3/c1-11(17(24)22-6-8-28-9-7-22)23-5-4-12(18(23)25)21-31(26,27)15-3-2-13(29-15)16-20-10-14(19)30-16/h2-3,10-12,21H,4-9H2,1H3. The summed E-state index contributed by atoms with van der Waals surface area (Å²) in [5.74, 6) is -0.536. The average Bonchev–Trinajstić information content (AvgIpc) is 3.49. The van der Waals surface area contributed by atoms with Gasteiger partial charge in [-0.15, -0.1) is 22.7 Å². The fourth-order valence-electron chi connectivity index (χ4n) is 3.57. The Kier molecular flexibility index (Phi) is 6.65. The van der Waals surface area contributed by atoms with Crippen LogP contribution in [0.15, 0.2) is 22.5 Å². The minimum Gasteiger partial charge on any atom is -0.378 e. The number of aromatic nitrogens is 1. The number of nitrogens with one attached hydrogen (secondary N) is 1. The van der Waals surface area contributed by atoms with E-state index in [0.29, 0.717) is 53.5 Å². The average molecular weight is 505 g/mol. The highest BCUT2D eigenvalue weighted by atomic mass is 35.5. The summed E-state index contributed by atoms with van der Waals surface area (Å²) < 4.78 is 34.0. The number of hydrogen-bond donors (Lipinski definition) is 1. The quantitative estimate of drug-likeness (QED) is 0.640. The summed E-state index contributed by atoms with van der Waals surface area (Å²) >= 11 is 8.23. The first-order chi connectivity index (χ1) is 14.8. The third kappa shape index (κ3) is 4.78. The molecule has 168 valence electrons. The van der Waals surface area contributed by atoms with Crippen molar-refractivity contribution in [3.63, 3.8) is 0 Å².